The molecule has 1 fully saturated rings. The minimum absolute atomic E-state index is 0.0839. The maximum absolute atomic E-state index is 13.6. The van der Waals surface area contributed by atoms with Crippen molar-refractivity contribution < 1.29 is 35.9 Å². The molecule has 1 aliphatic heterocycles. The molecule has 0 radical (unpaired) electrons. The highest BCUT2D eigenvalue weighted by Gasteiger charge is 2.35. The summed E-state index contributed by atoms with van der Waals surface area (Å²) in [7, 11) is 0. The summed E-state index contributed by atoms with van der Waals surface area (Å²) in [4.78, 5) is 25.7. The summed E-state index contributed by atoms with van der Waals surface area (Å²) in [6.45, 7) is 3.71. The third-order valence-corrected chi connectivity index (χ3v) is 6.02. The van der Waals surface area contributed by atoms with E-state index in [1.807, 2.05) is 0 Å². The fourth-order valence-corrected chi connectivity index (χ4v) is 4.33. The lowest BCUT2D eigenvalue weighted by Gasteiger charge is -2.32. The normalized spacial score (nSPS) is 15.1. The average molecular weight is 515 g/mol. The van der Waals surface area contributed by atoms with Crippen molar-refractivity contribution in [3.8, 4) is 11.1 Å². The van der Waals surface area contributed by atoms with E-state index < -0.39 is 42.7 Å². The summed E-state index contributed by atoms with van der Waals surface area (Å²) >= 11 is 0. The van der Waals surface area contributed by atoms with E-state index in [1.54, 1.807) is 19.9 Å². The van der Waals surface area contributed by atoms with Gasteiger partial charge in [0.2, 0.25) is 5.91 Å². The Labute approximate surface area is 204 Å². The van der Waals surface area contributed by atoms with Gasteiger partial charge in [-0.05, 0) is 61.6 Å². The number of aryl methyl sites for hydroxylation is 2. The minimum atomic E-state index is -4.51. The first-order chi connectivity index (χ1) is 16.7. The Morgan fingerprint density at radius 2 is 1.58 bits per heavy atom. The van der Waals surface area contributed by atoms with Gasteiger partial charge in [-0.3, -0.25) is 4.79 Å². The highest BCUT2D eigenvalue weighted by molar-refractivity contribution is 5.90. The molecule has 1 aliphatic rings. The van der Waals surface area contributed by atoms with Crippen molar-refractivity contribution >= 4 is 17.6 Å². The fraction of sp³-hybridized carbons (Fsp3) is 0.440. The number of benzene rings is 2. The van der Waals surface area contributed by atoms with Crippen molar-refractivity contribution in [2.75, 3.05) is 18.4 Å². The van der Waals surface area contributed by atoms with E-state index in [9.17, 15) is 35.9 Å². The molecule has 0 spiro atoms. The van der Waals surface area contributed by atoms with Crippen LogP contribution in [0.2, 0.25) is 0 Å². The Kier molecular flexibility index (Phi) is 8.20. The predicted molar refractivity (Wildman–Crippen MR) is 123 cm³/mol. The van der Waals surface area contributed by atoms with Crippen molar-refractivity contribution in [2.24, 2.45) is 0 Å². The number of halogens is 6. The number of nitrogens with one attached hydrogen (secondary N) is 2. The maximum Gasteiger partial charge on any atom is 0.417 e. The van der Waals surface area contributed by atoms with E-state index in [4.69, 9.17) is 0 Å². The molecule has 0 saturated carbocycles. The summed E-state index contributed by atoms with van der Waals surface area (Å²) in [5, 5.41) is 5.39. The van der Waals surface area contributed by atoms with E-state index in [0.717, 1.165) is 6.07 Å². The zero-order valence-corrected chi connectivity index (χ0v) is 19.8. The topological polar surface area (TPSA) is 61.4 Å². The molecule has 1 saturated heterocycles. The number of alkyl halides is 6. The van der Waals surface area contributed by atoms with Gasteiger partial charge in [-0.25, -0.2) is 4.79 Å². The lowest BCUT2D eigenvalue weighted by Crippen LogP contribution is -2.47. The number of piperidine rings is 1. The summed E-state index contributed by atoms with van der Waals surface area (Å²) < 4.78 is 77.7. The third kappa shape index (κ3) is 7.38. The second-order valence-corrected chi connectivity index (χ2v) is 8.95. The number of hydrogen-bond acceptors (Lipinski definition) is 2. The maximum atomic E-state index is 13.6. The quantitative estimate of drug-likeness (QED) is 0.450. The average Bonchev–Trinajstić information content (AvgIpc) is 2.77. The van der Waals surface area contributed by atoms with E-state index in [2.05, 4.69) is 10.6 Å². The van der Waals surface area contributed by atoms with Crippen molar-refractivity contribution in [3.05, 3.63) is 53.1 Å². The number of carbonyl (C=O) groups excluding carboxylic acids is 2. The second-order valence-electron chi connectivity index (χ2n) is 8.95. The van der Waals surface area contributed by atoms with Gasteiger partial charge in [0.15, 0.2) is 0 Å². The van der Waals surface area contributed by atoms with Crippen molar-refractivity contribution in [2.45, 2.75) is 57.9 Å². The van der Waals surface area contributed by atoms with Gasteiger partial charge < -0.3 is 15.5 Å². The molecule has 5 nitrogen and oxygen atoms in total. The van der Waals surface area contributed by atoms with Crippen LogP contribution in [-0.2, 0) is 11.0 Å². The smallest absolute Gasteiger partial charge is 0.343 e. The van der Waals surface area contributed by atoms with Crippen LogP contribution in [0.1, 0.15) is 42.4 Å². The van der Waals surface area contributed by atoms with Gasteiger partial charge in [-0.15, -0.1) is 0 Å². The van der Waals surface area contributed by atoms with Gasteiger partial charge in [0.25, 0.3) is 0 Å². The van der Waals surface area contributed by atoms with Gasteiger partial charge in [0.1, 0.15) is 0 Å². The van der Waals surface area contributed by atoms with Crippen LogP contribution < -0.4 is 10.6 Å². The largest absolute Gasteiger partial charge is 0.417 e. The molecule has 3 amide bonds. The molecule has 2 N–H and O–H groups in total. The second kappa shape index (κ2) is 10.8. The molecule has 0 aromatic heterocycles. The van der Waals surface area contributed by atoms with Gasteiger partial charge in [0.05, 0.1) is 12.0 Å². The summed E-state index contributed by atoms with van der Waals surface area (Å²) in [6.07, 6.45) is -9.85. The lowest BCUT2D eigenvalue weighted by molar-refractivity contribution is -0.149. The van der Waals surface area contributed by atoms with E-state index in [1.165, 1.54) is 29.2 Å². The molecule has 11 heteroatoms. The molecule has 1 heterocycles. The van der Waals surface area contributed by atoms with Crippen LogP contribution in [0.4, 0.5) is 36.8 Å². The molecule has 2 aromatic rings. The molecule has 196 valence electrons. The molecule has 0 atom stereocenters. The zero-order chi connectivity index (χ0) is 26.7. The van der Waals surface area contributed by atoms with Gasteiger partial charge >= 0.3 is 18.4 Å². The van der Waals surface area contributed by atoms with Crippen LogP contribution >= 0.6 is 0 Å². The molecule has 0 unspecified atom stereocenters. The van der Waals surface area contributed by atoms with E-state index in [0.29, 0.717) is 35.2 Å². The standard InChI is InChI=1S/C25H27F6N3O2/c1-15-13-16(2)22(20(14-15)25(29,30)31)17-3-5-18(6-4-17)32-23(36)33-19-8-11-34(12-9-19)21(35)7-10-24(26,27)28/h3-6,13-14,19H,7-12H2,1-2H3,(H2,32,33,36). The fourth-order valence-electron chi connectivity index (χ4n) is 4.33. The first-order valence-electron chi connectivity index (χ1n) is 11.4. The molecular formula is C25H27F6N3O2. The molecule has 0 bridgehead atoms. The molecule has 2 aromatic carbocycles. The van der Waals surface area contributed by atoms with E-state index >= 15 is 0 Å². The molecule has 36 heavy (non-hydrogen) atoms. The van der Waals surface area contributed by atoms with Gasteiger partial charge in [-0.2, -0.15) is 26.3 Å². The van der Waals surface area contributed by atoms with Crippen LogP contribution in [0, 0.1) is 13.8 Å². The molecule has 0 aliphatic carbocycles. The van der Waals surface area contributed by atoms with Gasteiger partial charge in [0, 0.05) is 31.2 Å². The van der Waals surface area contributed by atoms with Crippen molar-refractivity contribution in [3.63, 3.8) is 0 Å². The summed E-state index contributed by atoms with van der Waals surface area (Å²) in [6, 6.07) is 8.04. The summed E-state index contributed by atoms with van der Waals surface area (Å²) in [5.74, 6) is -0.562. The number of rotatable bonds is 5. The minimum Gasteiger partial charge on any atom is -0.343 e. The first kappa shape index (κ1) is 27.3. The highest BCUT2D eigenvalue weighted by Crippen LogP contribution is 2.40. The first-order valence-corrected chi connectivity index (χ1v) is 11.4. The van der Waals surface area contributed by atoms with Crippen LogP contribution in [0.25, 0.3) is 11.1 Å². The van der Waals surface area contributed by atoms with Crippen LogP contribution in [0.5, 0.6) is 0 Å². The van der Waals surface area contributed by atoms with Gasteiger partial charge in [-0.1, -0.05) is 23.8 Å². The number of nitrogens with zero attached hydrogens (tertiary/aromatic N) is 1. The number of likely N-dealkylation sites (tertiary alicyclic amines) is 1. The number of urea groups is 1. The SMILES string of the molecule is Cc1cc(C)c(-c2ccc(NC(=O)NC3CCN(C(=O)CCC(F)(F)F)CC3)cc2)c(C(F)(F)F)c1. The van der Waals surface area contributed by atoms with Crippen molar-refractivity contribution in [1.82, 2.24) is 10.2 Å². The predicted octanol–water partition coefficient (Wildman–Crippen LogP) is 6.44. The van der Waals surface area contributed by atoms with Crippen molar-refractivity contribution in [1.29, 1.82) is 0 Å². The zero-order valence-electron chi connectivity index (χ0n) is 19.8. The third-order valence-electron chi connectivity index (χ3n) is 6.02. The van der Waals surface area contributed by atoms with Crippen LogP contribution in [-0.4, -0.2) is 42.1 Å². The Morgan fingerprint density at radius 3 is 2.14 bits per heavy atom. The number of anilines is 1. The Bertz CT molecular complexity index is 1090. The molecule has 3 rings (SSSR count). The number of amides is 3. The lowest BCUT2D eigenvalue weighted by atomic mass is 9.92. The van der Waals surface area contributed by atoms with E-state index in [-0.39, 0.29) is 24.7 Å². The highest BCUT2D eigenvalue weighted by atomic mass is 19.4. The van der Waals surface area contributed by atoms with Crippen LogP contribution in [0.3, 0.4) is 0 Å². The Hall–Kier alpha value is -3.24. The summed E-state index contributed by atoms with van der Waals surface area (Å²) in [5.41, 5.74) is 1.11. The van der Waals surface area contributed by atoms with Crippen LogP contribution in [0.15, 0.2) is 36.4 Å². The molecular weight excluding hydrogens is 488 g/mol. The monoisotopic (exact) mass is 515 g/mol. The Morgan fingerprint density at radius 1 is 0.972 bits per heavy atom. The number of hydrogen-bond donors (Lipinski definition) is 2. The Balaban J connectivity index is 1.56. The number of carbonyl (C=O) groups is 2.